The number of benzene rings is 1. The van der Waals surface area contributed by atoms with E-state index in [-0.39, 0.29) is 4.83 Å². The first kappa shape index (κ1) is 13.3. The molecule has 0 saturated carbocycles. The Bertz CT molecular complexity index is 524. The van der Waals surface area contributed by atoms with Crippen molar-refractivity contribution in [3.8, 4) is 0 Å². The van der Waals surface area contributed by atoms with E-state index in [0.29, 0.717) is 0 Å². The van der Waals surface area contributed by atoms with Crippen molar-refractivity contribution in [1.82, 2.24) is 0 Å². The van der Waals surface area contributed by atoms with Crippen molar-refractivity contribution in [1.29, 1.82) is 0 Å². The molecule has 1 unspecified atom stereocenters. The SMILES string of the molecule is Cc1ccc(C(Br)c2cc(Br)c(C)s2)cc1C. The highest BCUT2D eigenvalue weighted by Crippen LogP contribution is 2.38. The second-order valence-electron chi connectivity index (χ2n) is 4.26. The summed E-state index contributed by atoms with van der Waals surface area (Å²) in [7, 11) is 0. The molecule has 2 aromatic rings. The van der Waals surface area contributed by atoms with Crippen LogP contribution < -0.4 is 0 Å². The lowest BCUT2D eigenvalue weighted by Crippen LogP contribution is -1.91. The Hall–Kier alpha value is -0.120. The molecule has 1 aromatic heterocycles. The minimum absolute atomic E-state index is 0.289. The molecule has 0 fully saturated rings. The van der Waals surface area contributed by atoms with Crippen LogP contribution in [0, 0.1) is 20.8 Å². The summed E-state index contributed by atoms with van der Waals surface area (Å²) in [5.74, 6) is 0. The molecule has 17 heavy (non-hydrogen) atoms. The van der Waals surface area contributed by atoms with Gasteiger partial charge < -0.3 is 0 Å². The van der Waals surface area contributed by atoms with Crippen molar-refractivity contribution < 1.29 is 0 Å². The number of halogens is 2. The molecule has 90 valence electrons. The van der Waals surface area contributed by atoms with Gasteiger partial charge >= 0.3 is 0 Å². The highest BCUT2D eigenvalue weighted by Gasteiger charge is 2.14. The van der Waals surface area contributed by atoms with Crippen LogP contribution in [0.3, 0.4) is 0 Å². The molecule has 0 aliphatic rings. The van der Waals surface area contributed by atoms with Crippen LogP contribution in [0.1, 0.15) is 31.3 Å². The summed E-state index contributed by atoms with van der Waals surface area (Å²) in [6, 6.07) is 8.85. The van der Waals surface area contributed by atoms with Crippen LogP contribution in [0.5, 0.6) is 0 Å². The number of aryl methyl sites for hydroxylation is 3. The molecule has 1 heterocycles. The first-order valence-electron chi connectivity index (χ1n) is 5.46. The Morgan fingerprint density at radius 3 is 2.29 bits per heavy atom. The van der Waals surface area contributed by atoms with Gasteiger partial charge in [-0.3, -0.25) is 0 Å². The smallest absolute Gasteiger partial charge is 0.0738 e. The average molecular weight is 374 g/mol. The van der Waals surface area contributed by atoms with E-state index in [9.17, 15) is 0 Å². The fourth-order valence-corrected chi connectivity index (χ4v) is 3.96. The Morgan fingerprint density at radius 1 is 1.06 bits per heavy atom. The maximum Gasteiger partial charge on any atom is 0.0738 e. The zero-order valence-electron chi connectivity index (χ0n) is 10.1. The molecule has 3 heteroatoms. The summed E-state index contributed by atoms with van der Waals surface area (Å²) in [5, 5.41) is 0. The molecule has 2 rings (SSSR count). The first-order chi connectivity index (χ1) is 7.99. The summed E-state index contributed by atoms with van der Waals surface area (Å²) in [5.41, 5.74) is 4.01. The first-order valence-corrected chi connectivity index (χ1v) is 7.98. The van der Waals surface area contributed by atoms with Crippen LogP contribution in [-0.4, -0.2) is 0 Å². The molecule has 0 bridgehead atoms. The van der Waals surface area contributed by atoms with E-state index in [4.69, 9.17) is 0 Å². The minimum atomic E-state index is 0.289. The molecule has 0 spiro atoms. The summed E-state index contributed by atoms with van der Waals surface area (Å²) in [6.07, 6.45) is 0. The molecule has 1 atom stereocenters. The van der Waals surface area contributed by atoms with Crippen LogP contribution in [0.2, 0.25) is 0 Å². The van der Waals surface area contributed by atoms with Crippen molar-refractivity contribution in [2.24, 2.45) is 0 Å². The van der Waals surface area contributed by atoms with E-state index in [1.165, 1.54) is 30.9 Å². The van der Waals surface area contributed by atoms with Crippen LogP contribution in [-0.2, 0) is 0 Å². The number of thiophene rings is 1. The van der Waals surface area contributed by atoms with Crippen LogP contribution >= 0.6 is 43.2 Å². The van der Waals surface area contributed by atoms with Gasteiger partial charge in [0, 0.05) is 14.2 Å². The highest BCUT2D eigenvalue weighted by atomic mass is 79.9. The quantitative estimate of drug-likeness (QED) is 0.573. The lowest BCUT2D eigenvalue weighted by atomic mass is 10.0. The van der Waals surface area contributed by atoms with Gasteiger partial charge in [-0.15, -0.1) is 11.3 Å². The molecular weight excluding hydrogens is 360 g/mol. The average Bonchev–Trinajstić information content (AvgIpc) is 2.62. The van der Waals surface area contributed by atoms with Crippen molar-refractivity contribution in [2.45, 2.75) is 25.6 Å². The van der Waals surface area contributed by atoms with E-state index >= 15 is 0 Å². The number of hydrogen-bond acceptors (Lipinski definition) is 1. The van der Waals surface area contributed by atoms with E-state index in [1.54, 1.807) is 0 Å². The summed E-state index contributed by atoms with van der Waals surface area (Å²) in [6.45, 7) is 6.45. The second-order valence-corrected chi connectivity index (χ2v) is 7.32. The van der Waals surface area contributed by atoms with E-state index in [1.807, 2.05) is 11.3 Å². The van der Waals surface area contributed by atoms with Crippen LogP contribution in [0.25, 0.3) is 0 Å². The van der Waals surface area contributed by atoms with E-state index < -0.39 is 0 Å². The van der Waals surface area contributed by atoms with Gasteiger partial charge in [0.05, 0.1) is 4.83 Å². The van der Waals surface area contributed by atoms with Gasteiger partial charge in [-0.05, 0) is 59.5 Å². The molecule has 0 N–H and O–H groups in total. The van der Waals surface area contributed by atoms with Crippen molar-refractivity contribution >= 4 is 43.2 Å². The highest BCUT2D eigenvalue weighted by molar-refractivity contribution is 9.10. The van der Waals surface area contributed by atoms with Crippen LogP contribution in [0.4, 0.5) is 0 Å². The summed E-state index contributed by atoms with van der Waals surface area (Å²) >= 11 is 9.20. The van der Waals surface area contributed by atoms with Gasteiger partial charge in [-0.2, -0.15) is 0 Å². The summed E-state index contributed by atoms with van der Waals surface area (Å²) in [4.78, 5) is 2.96. The van der Waals surface area contributed by atoms with Gasteiger partial charge in [0.2, 0.25) is 0 Å². The maximum atomic E-state index is 3.79. The normalized spacial score (nSPS) is 12.8. The molecular formula is C14H14Br2S. The van der Waals surface area contributed by atoms with Crippen molar-refractivity contribution in [3.63, 3.8) is 0 Å². The zero-order chi connectivity index (χ0) is 12.6. The Morgan fingerprint density at radius 2 is 1.76 bits per heavy atom. The molecule has 0 aliphatic heterocycles. The molecule has 0 aliphatic carbocycles. The Kier molecular flexibility index (Phi) is 4.11. The second kappa shape index (κ2) is 5.25. The molecule has 0 amide bonds. The third-order valence-electron chi connectivity index (χ3n) is 2.95. The largest absolute Gasteiger partial charge is 0.143 e. The Labute approximate surface area is 123 Å². The molecule has 0 radical (unpaired) electrons. The van der Waals surface area contributed by atoms with Crippen molar-refractivity contribution in [2.75, 3.05) is 0 Å². The van der Waals surface area contributed by atoms with Gasteiger partial charge in [-0.25, -0.2) is 0 Å². The predicted molar refractivity (Wildman–Crippen MR) is 83.4 cm³/mol. The fraction of sp³-hybridized carbons (Fsp3) is 0.286. The molecule has 0 nitrogen and oxygen atoms in total. The predicted octanol–water partition coefficient (Wildman–Crippen LogP) is 5.92. The lowest BCUT2D eigenvalue weighted by Gasteiger charge is -2.10. The topological polar surface area (TPSA) is 0 Å². The van der Waals surface area contributed by atoms with Gasteiger partial charge in [0.25, 0.3) is 0 Å². The zero-order valence-corrected chi connectivity index (χ0v) is 14.0. The monoisotopic (exact) mass is 372 g/mol. The van der Waals surface area contributed by atoms with E-state index in [2.05, 4.69) is 76.9 Å². The van der Waals surface area contributed by atoms with Crippen LogP contribution in [0.15, 0.2) is 28.7 Å². The van der Waals surface area contributed by atoms with Gasteiger partial charge in [0.15, 0.2) is 0 Å². The standard InChI is InChI=1S/C14H14Br2S/c1-8-4-5-11(6-9(8)2)14(16)13-7-12(15)10(3)17-13/h4-7,14H,1-3H3. The van der Waals surface area contributed by atoms with Crippen molar-refractivity contribution in [3.05, 3.63) is 55.2 Å². The maximum absolute atomic E-state index is 3.79. The number of hydrogen-bond donors (Lipinski definition) is 0. The third kappa shape index (κ3) is 2.83. The lowest BCUT2D eigenvalue weighted by molar-refractivity contribution is 1.19. The van der Waals surface area contributed by atoms with Gasteiger partial charge in [0.1, 0.15) is 0 Å². The number of rotatable bonds is 2. The molecule has 0 saturated heterocycles. The number of alkyl halides is 1. The van der Waals surface area contributed by atoms with Gasteiger partial charge in [-0.1, -0.05) is 34.1 Å². The summed E-state index contributed by atoms with van der Waals surface area (Å²) < 4.78 is 1.20. The Balaban J connectivity index is 2.36. The van der Waals surface area contributed by atoms with E-state index in [0.717, 1.165) is 0 Å². The third-order valence-corrected chi connectivity index (χ3v) is 6.48. The minimum Gasteiger partial charge on any atom is -0.143 e. The fourth-order valence-electron chi connectivity index (χ4n) is 1.69. The molecule has 1 aromatic carbocycles.